The highest BCUT2D eigenvalue weighted by atomic mass is 14.9. The summed E-state index contributed by atoms with van der Waals surface area (Å²) in [5, 5.41) is 3.53. The van der Waals surface area contributed by atoms with Crippen LogP contribution in [0.25, 0.3) is 0 Å². The Hall–Kier alpha value is -0.0800. The zero-order chi connectivity index (χ0) is 13.5. The van der Waals surface area contributed by atoms with Gasteiger partial charge >= 0.3 is 0 Å². The zero-order valence-corrected chi connectivity index (χ0v) is 12.8. The summed E-state index contributed by atoms with van der Waals surface area (Å²) in [4.78, 5) is 0. The molecule has 1 atom stereocenters. The molecule has 0 heterocycles. The lowest BCUT2D eigenvalue weighted by Crippen LogP contribution is -2.29. The van der Waals surface area contributed by atoms with E-state index >= 15 is 0 Å². The second kappa shape index (κ2) is 15.0. The summed E-state index contributed by atoms with van der Waals surface area (Å²) in [5.41, 5.74) is 5.52. The Morgan fingerprint density at radius 1 is 0.833 bits per heavy atom. The molecule has 3 N–H and O–H groups in total. The van der Waals surface area contributed by atoms with Crippen LogP contribution in [0.5, 0.6) is 0 Å². The van der Waals surface area contributed by atoms with E-state index in [-0.39, 0.29) is 0 Å². The van der Waals surface area contributed by atoms with Crippen molar-refractivity contribution >= 4 is 0 Å². The number of hydrogen-bond acceptors (Lipinski definition) is 2. The van der Waals surface area contributed by atoms with Crippen LogP contribution in [0.3, 0.4) is 0 Å². The van der Waals surface area contributed by atoms with E-state index in [1.165, 1.54) is 64.2 Å². The second-order valence-electron chi connectivity index (χ2n) is 5.61. The first-order chi connectivity index (χ1) is 8.81. The lowest BCUT2D eigenvalue weighted by Gasteiger charge is -2.12. The van der Waals surface area contributed by atoms with E-state index in [0.29, 0.717) is 6.04 Å². The summed E-state index contributed by atoms with van der Waals surface area (Å²) in [5.74, 6) is 0. The Morgan fingerprint density at radius 3 is 1.83 bits per heavy atom. The van der Waals surface area contributed by atoms with Crippen molar-refractivity contribution in [1.29, 1.82) is 0 Å². The molecule has 2 nitrogen and oxygen atoms in total. The van der Waals surface area contributed by atoms with Gasteiger partial charge in [-0.3, -0.25) is 0 Å². The summed E-state index contributed by atoms with van der Waals surface area (Å²) < 4.78 is 0. The maximum Gasteiger partial charge on any atom is 0.00507 e. The van der Waals surface area contributed by atoms with E-state index in [1.807, 2.05) is 0 Å². The number of rotatable bonds is 14. The minimum Gasteiger partial charge on any atom is -0.330 e. The van der Waals surface area contributed by atoms with Crippen molar-refractivity contribution in [3.8, 4) is 0 Å². The van der Waals surface area contributed by atoms with Crippen LogP contribution < -0.4 is 11.1 Å². The number of nitrogens with two attached hydrogens (primary N) is 1. The molecule has 0 aliphatic rings. The van der Waals surface area contributed by atoms with Gasteiger partial charge in [0.15, 0.2) is 0 Å². The topological polar surface area (TPSA) is 38.0 Å². The highest BCUT2D eigenvalue weighted by molar-refractivity contribution is 4.60. The summed E-state index contributed by atoms with van der Waals surface area (Å²) >= 11 is 0. The molecule has 0 bridgehead atoms. The lowest BCUT2D eigenvalue weighted by atomic mass is 10.1. The normalized spacial score (nSPS) is 12.8. The minimum absolute atomic E-state index is 0.591. The quantitative estimate of drug-likeness (QED) is 0.456. The van der Waals surface area contributed by atoms with Crippen LogP contribution in [0, 0.1) is 0 Å². The van der Waals surface area contributed by atoms with Gasteiger partial charge in [-0.1, -0.05) is 64.7 Å². The van der Waals surface area contributed by atoms with Gasteiger partial charge in [0.05, 0.1) is 0 Å². The van der Waals surface area contributed by atoms with Crippen molar-refractivity contribution in [3.05, 3.63) is 0 Å². The van der Waals surface area contributed by atoms with Crippen molar-refractivity contribution < 1.29 is 0 Å². The Morgan fingerprint density at radius 2 is 1.33 bits per heavy atom. The van der Waals surface area contributed by atoms with Gasteiger partial charge < -0.3 is 11.1 Å². The Kier molecular flexibility index (Phi) is 14.9. The number of nitrogens with one attached hydrogen (secondary N) is 1. The van der Waals surface area contributed by atoms with Crippen molar-refractivity contribution in [3.63, 3.8) is 0 Å². The van der Waals surface area contributed by atoms with Gasteiger partial charge in [0.1, 0.15) is 0 Å². The summed E-state index contributed by atoms with van der Waals surface area (Å²) in [6.45, 7) is 6.47. The van der Waals surface area contributed by atoms with Crippen molar-refractivity contribution in [2.24, 2.45) is 5.73 Å². The van der Waals surface area contributed by atoms with Gasteiger partial charge in [-0.05, 0) is 32.9 Å². The fourth-order valence-corrected chi connectivity index (χ4v) is 2.31. The average molecular weight is 256 g/mol. The molecule has 0 aromatic heterocycles. The molecule has 0 rings (SSSR count). The molecule has 0 saturated heterocycles. The molecule has 0 aliphatic carbocycles. The molecule has 0 radical (unpaired) electrons. The average Bonchev–Trinajstić information content (AvgIpc) is 2.36. The third-order valence-corrected chi connectivity index (χ3v) is 3.62. The molecule has 0 saturated carbocycles. The monoisotopic (exact) mass is 256 g/mol. The van der Waals surface area contributed by atoms with Gasteiger partial charge in [-0.2, -0.15) is 0 Å². The fraction of sp³-hybridized carbons (Fsp3) is 1.00. The summed E-state index contributed by atoms with van der Waals surface area (Å²) in [7, 11) is 0. The molecule has 0 spiro atoms. The Balaban J connectivity index is 2.98. The zero-order valence-electron chi connectivity index (χ0n) is 12.8. The van der Waals surface area contributed by atoms with Crippen LogP contribution >= 0.6 is 0 Å². The first-order valence-electron chi connectivity index (χ1n) is 8.24. The van der Waals surface area contributed by atoms with Gasteiger partial charge in [0, 0.05) is 6.04 Å². The molecule has 18 heavy (non-hydrogen) atoms. The number of hydrogen-bond donors (Lipinski definition) is 2. The Bertz CT molecular complexity index is 148. The molecular formula is C16H36N2. The van der Waals surface area contributed by atoms with E-state index in [0.717, 1.165) is 19.5 Å². The van der Waals surface area contributed by atoms with Crippen LogP contribution in [0.2, 0.25) is 0 Å². The van der Waals surface area contributed by atoms with E-state index in [2.05, 4.69) is 19.2 Å². The van der Waals surface area contributed by atoms with Crippen LogP contribution in [0.1, 0.15) is 84.5 Å². The molecule has 0 aliphatic heterocycles. The summed E-state index contributed by atoms with van der Waals surface area (Å²) in [6, 6.07) is 0.591. The molecule has 1 unspecified atom stereocenters. The van der Waals surface area contributed by atoms with Crippen LogP contribution in [0.15, 0.2) is 0 Å². The molecule has 0 aromatic carbocycles. The van der Waals surface area contributed by atoms with Crippen LogP contribution in [-0.2, 0) is 0 Å². The maximum absolute atomic E-state index is 5.52. The SMILES string of the molecule is CCCCCCCCCCCCNC(C)CCN. The van der Waals surface area contributed by atoms with Gasteiger partial charge in [0.2, 0.25) is 0 Å². The van der Waals surface area contributed by atoms with E-state index in [4.69, 9.17) is 5.73 Å². The van der Waals surface area contributed by atoms with E-state index in [1.54, 1.807) is 0 Å². The van der Waals surface area contributed by atoms with Gasteiger partial charge in [0.25, 0.3) is 0 Å². The minimum atomic E-state index is 0.591. The molecule has 2 heteroatoms. The Labute approximate surface area is 115 Å². The van der Waals surface area contributed by atoms with E-state index < -0.39 is 0 Å². The summed E-state index contributed by atoms with van der Waals surface area (Å²) in [6.07, 6.45) is 15.2. The first-order valence-corrected chi connectivity index (χ1v) is 8.24. The fourth-order valence-electron chi connectivity index (χ4n) is 2.31. The van der Waals surface area contributed by atoms with Crippen molar-refractivity contribution in [1.82, 2.24) is 5.32 Å². The van der Waals surface area contributed by atoms with Gasteiger partial charge in [-0.15, -0.1) is 0 Å². The second-order valence-corrected chi connectivity index (χ2v) is 5.61. The predicted octanol–water partition coefficient (Wildman–Crippen LogP) is 4.23. The highest BCUT2D eigenvalue weighted by Gasteiger charge is 1.98. The molecule has 110 valence electrons. The smallest absolute Gasteiger partial charge is 0.00507 e. The lowest BCUT2D eigenvalue weighted by molar-refractivity contribution is 0.492. The van der Waals surface area contributed by atoms with E-state index in [9.17, 15) is 0 Å². The molecule has 0 fully saturated rings. The highest BCUT2D eigenvalue weighted by Crippen LogP contribution is 2.10. The molecule has 0 aromatic rings. The third-order valence-electron chi connectivity index (χ3n) is 3.62. The third kappa shape index (κ3) is 14.0. The standard InChI is InChI=1S/C16H36N2/c1-3-4-5-6-7-8-9-10-11-12-15-18-16(2)13-14-17/h16,18H,3-15,17H2,1-2H3. The molecule has 0 amide bonds. The van der Waals surface area contributed by atoms with Crippen molar-refractivity contribution in [2.75, 3.05) is 13.1 Å². The maximum atomic E-state index is 5.52. The number of unbranched alkanes of at least 4 members (excludes halogenated alkanes) is 9. The largest absolute Gasteiger partial charge is 0.330 e. The van der Waals surface area contributed by atoms with Crippen LogP contribution in [-0.4, -0.2) is 19.1 Å². The van der Waals surface area contributed by atoms with Crippen LogP contribution in [0.4, 0.5) is 0 Å². The molecular weight excluding hydrogens is 220 g/mol. The first kappa shape index (κ1) is 17.9. The van der Waals surface area contributed by atoms with Crippen molar-refractivity contribution in [2.45, 2.75) is 90.5 Å². The predicted molar refractivity (Wildman–Crippen MR) is 83.0 cm³/mol. The van der Waals surface area contributed by atoms with Gasteiger partial charge in [-0.25, -0.2) is 0 Å².